The van der Waals surface area contributed by atoms with Gasteiger partial charge in [-0.15, -0.1) is 11.3 Å². The first-order valence-electron chi connectivity index (χ1n) is 7.51. The van der Waals surface area contributed by atoms with Crippen molar-refractivity contribution in [1.29, 1.82) is 0 Å². The Balaban J connectivity index is 1.68. The highest BCUT2D eigenvalue weighted by Gasteiger charge is 2.16. The Morgan fingerprint density at radius 1 is 1.16 bits per heavy atom. The third kappa shape index (κ3) is 4.04. The van der Waals surface area contributed by atoms with Crippen LogP contribution in [0.15, 0.2) is 52.5 Å². The summed E-state index contributed by atoms with van der Waals surface area (Å²) in [4.78, 5) is 28.8. The van der Waals surface area contributed by atoms with E-state index >= 15 is 0 Å². The van der Waals surface area contributed by atoms with E-state index in [0.717, 1.165) is 0 Å². The first kappa shape index (κ1) is 16.7. The van der Waals surface area contributed by atoms with Gasteiger partial charge in [0.05, 0.1) is 17.2 Å². The van der Waals surface area contributed by atoms with Crippen LogP contribution in [-0.4, -0.2) is 23.4 Å². The second-order valence-corrected chi connectivity index (χ2v) is 5.80. The zero-order chi connectivity index (χ0) is 17.6. The van der Waals surface area contributed by atoms with Crippen LogP contribution in [0.1, 0.15) is 27.1 Å². The van der Waals surface area contributed by atoms with Crippen LogP contribution in [-0.2, 0) is 0 Å². The van der Waals surface area contributed by atoms with Crippen LogP contribution in [0.3, 0.4) is 0 Å². The van der Waals surface area contributed by atoms with Crippen molar-refractivity contribution in [1.82, 2.24) is 4.98 Å². The zero-order valence-corrected chi connectivity index (χ0v) is 14.1. The summed E-state index contributed by atoms with van der Waals surface area (Å²) in [5.41, 5.74) is 0.578. The van der Waals surface area contributed by atoms with E-state index in [1.807, 2.05) is 13.0 Å². The van der Waals surface area contributed by atoms with Crippen LogP contribution in [0.5, 0.6) is 5.75 Å². The molecule has 0 radical (unpaired) electrons. The quantitative estimate of drug-likeness (QED) is 0.702. The van der Waals surface area contributed by atoms with E-state index in [2.05, 4.69) is 15.6 Å². The molecule has 0 saturated heterocycles. The molecule has 0 saturated carbocycles. The van der Waals surface area contributed by atoms with Crippen molar-refractivity contribution < 1.29 is 18.7 Å². The number of rotatable bonds is 6. The van der Waals surface area contributed by atoms with Gasteiger partial charge >= 0.3 is 6.01 Å². The van der Waals surface area contributed by atoms with Gasteiger partial charge in [-0.3, -0.25) is 14.9 Å². The third-order valence-corrected chi connectivity index (χ3v) is 4.01. The SMILES string of the molecule is CCOc1ccccc1NC(=O)c1coc(NC(=O)c2cccs2)n1. The lowest BCUT2D eigenvalue weighted by Gasteiger charge is -2.09. The standard InChI is InChI=1S/C17H15N3O4S/c1-2-23-13-7-4-3-6-11(13)18-15(21)12-10-24-17(19-12)20-16(22)14-8-5-9-25-14/h3-10H,2H2,1H3,(H,18,21)(H,19,20,22). The number of aromatic nitrogens is 1. The molecule has 2 heterocycles. The number of hydrogen-bond donors (Lipinski definition) is 2. The molecule has 2 amide bonds. The highest BCUT2D eigenvalue weighted by atomic mass is 32.1. The van der Waals surface area contributed by atoms with Gasteiger partial charge in [0.2, 0.25) is 0 Å². The van der Waals surface area contributed by atoms with Gasteiger partial charge in [-0.1, -0.05) is 18.2 Å². The topological polar surface area (TPSA) is 93.5 Å². The van der Waals surface area contributed by atoms with E-state index in [9.17, 15) is 9.59 Å². The summed E-state index contributed by atoms with van der Waals surface area (Å²) in [5.74, 6) is -0.244. The molecule has 0 atom stereocenters. The summed E-state index contributed by atoms with van der Waals surface area (Å²) < 4.78 is 10.6. The normalized spacial score (nSPS) is 10.3. The molecule has 1 aromatic carbocycles. The molecule has 128 valence electrons. The molecule has 7 nitrogen and oxygen atoms in total. The second-order valence-electron chi connectivity index (χ2n) is 4.85. The minimum atomic E-state index is -0.465. The lowest BCUT2D eigenvalue weighted by Crippen LogP contribution is -2.14. The molecular weight excluding hydrogens is 342 g/mol. The lowest BCUT2D eigenvalue weighted by molar-refractivity contribution is 0.101. The van der Waals surface area contributed by atoms with Crippen molar-refractivity contribution in [3.05, 3.63) is 58.6 Å². The number of anilines is 2. The van der Waals surface area contributed by atoms with E-state index < -0.39 is 5.91 Å². The number of carbonyl (C=O) groups is 2. The minimum Gasteiger partial charge on any atom is -0.492 e. The number of oxazole rings is 1. The predicted molar refractivity (Wildman–Crippen MR) is 94.3 cm³/mol. The van der Waals surface area contributed by atoms with Crippen LogP contribution in [0, 0.1) is 0 Å². The van der Waals surface area contributed by atoms with E-state index in [-0.39, 0.29) is 17.6 Å². The molecule has 0 spiro atoms. The highest BCUT2D eigenvalue weighted by molar-refractivity contribution is 7.12. The number of nitrogens with zero attached hydrogens (tertiary/aromatic N) is 1. The average Bonchev–Trinajstić information content (AvgIpc) is 3.28. The number of amides is 2. The number of benzene rings is 1. The smallest absolute Gasteiger partial charge is 0.302 e. The van der Waals surface area contributed by atoms with Crippen molar-refractivity contribution in [3.8, 4) is 5.75 Å². The van der Waals surface area contributed by atoms with Gasteiger partial charge in [-0.05, 0) is 30.5 Å². The van der Waals surface area contributed by atoms with Gasteiger partial charge in [0, 0.05) is 0 Å². The van der Waals surface area contributed by atoms with Crippen molar-refractivity contribution in [2.75, 3.05) is 17.2 Å². The van der Waals surface area contributed by atoms with Crippen LogP contribution in [0.4, 0.5) is 11.7 Å². The Morgan fingerprint density at radius 3 is 2.76 bits per heavy atom. The Bertz CT molecular complexity index is 874. The minimum absolute atomic E-state index is 0.0401. The lowest BCUT2D eigenvalue weighted by atomic mass is 10.3. The number of ether oxygens (including phenoxy) is 1. The zero-order valence-electron chi connectivity index (χ0n) is 13.3. The summed E-state index contributed by atoms with van der Waals surface area (Å²) in [6, 6.07) is 10.5. The molecule has 0 aliphatic heterocycles. The highest BCUT2D eigenvalue weighted by Crippen LogP contribution is 2.24. The largest absolute Gasteiger partial charge is 0.492 e. The second kappa shape index (κ2) is 7.63. The Labute approximate surface area is 147 Å². The van der Waals surface area contributed by atoms with Gasteiger partial charge in [-0.25, -0.2) is 0 Å². The van der Waals surface area contributed by atoms with Crippen LogP contribution < -0.4 is 15.4 Å². The molecule has 0 bridgehead atoms. The van der Waals surface area contributed by atoms with Crippen LogP contribution in [0.25, 0.3) is 0 Å². The Kier molecular flexibility index (Phi) is 5.10. The maximum absolute atomic E-state index is 12.3. The summed E-state index contributed by atoms with van der Waals surface area (Å²) in [6.45, 7) is 2.34. The molecule has 3 aromatic rings. The Hall–Kier alpha value is -3.13. The number of nitrogens with one attached hydrogen (secondary N) is 2. The van der Waals surface area contributed by atoms with E-state index in [1.54, 1.807) is 35.7 Å². The predicted octanol–water partition coefficient (Wildman–Crippen LogP) is 3.64. The molecule has 0 aliphatic rings. The summed E-state index contributed by atoms with van der Waals surface area (Å²) in [7, 11) is 0. The average molecular weight is 357 g/mol. The van der Waals surface area contributed by atoms with Gasteiger partial charge in [-0.2, -0.15) is 4.98 Å². The molecular formula is C17H15N3O4S. The molecule has 8 heteroatoms. The van der Waals surface area contributed by atoms with Crippen molar-refractivity contribution >= 4 is 34.9 Å². The maximum atomic E-state index is 12.3. The molecule has 25 heavy (non-hydrogen) atoms. The van der Waals surface area contributed by atoms with Crippen molar-refractivity contribution in [3.63, 3.8) is 0 Å². The van der Waals surface area contributed by atoms with Gasteiger partial charge in [0.25, 0.3) is 11.8 Å². The number of hydrogen-bond acceptors (Lipinski definition) is 6. The monoisotopic (exact) mass is 357 g/mol. The van der Waals surface area contributed by atoms with Gasteiger partial charge in [0.15, 0.2) is 5.69 Å². The number of carbonyl (C=O) groups excluding carboxylic acids is 2. The van der Waals surface area contributed by atoms with Gasteiger partial charge < -0.3 is 14.5 Å². The molecule has 2 N–H and O–H groups in total. The molecule has 0 unspecified atom stereocenters. The third-order valence-electron chi connectivity index (χ3n) is 3.14. The van der Waals surface area contributed by atoms with Crippen LogP contribution >= 0.6 is 11.3 Å². The fraction of sp³-hybridized carbons (Fsp3) is 0.118. The summed E-state index contributed by atoms with van der Waals surface area (Å²) >= 11 is 1.30. The fourth-order valence-corrected chi connectivity index (χ4v) is 2.66. The molecule has 2 aromatic heterocycles. The van der Waals surface area contributed by atoms with Crippen molar-refractivity contribution in [2.24, 2.45) is 0 Å². The van der Waals surface area contributed by atoms with Gasteiger partial charge in [0.1, 0.15) is 12.0 Å². The first-order chi connectivity index (χ1) is 12.2. The maximum Gasteiger partial charge on any atom is 0.302 e. The van der Waals surface area contributed by atoms with E-state index in [1.165, 1.54) is 17.6 Å². The van der Waals surface area contributed by atoms with Crippen molar-refractivity contribution in [2.45, 2.75) is 6.92 Å². The van der Waals surface area contributed by atoms with Crippen LogP contribution in [0.2, 0.25) is 0 Å². The summed E-state index contributed by atoms with van der Waals surface area (Å²) in [5, 5.41) is 7.00. The summed E-state index contributed by atoms with van der Waals surface area (Å²) in [6.07, 6.45) is 1.18. The molecule has 0 fully saturated rings. The van der Waals surface area contributed by atoms with E-state index in [0.29, 0.717) is 22.9 Å². The van der Waals surface area contributed by atoms with E-state index in [4.69, 9.17) is 9.15 Å². The Morgan fingerprint density at radius 2 is 2.00 bits per heavy atom. The first-order valence-corrected chi connectivity index (χ1v) is 8.39. The fourth-order valence-electron chi connectivity index (χ4n) is 2.04. The molecule has 3 rings (SSSR count). The number of thiophene rings is 1. The molecule has 0 aliphatic carbocycles. The number of para-hydroxylation sites is 2.